The molecule has 0 heterocycles. The van der Waals surface area contributed by atoms with Gasteiger partial charge in [-0.3, -0.25) is 10.1 Å². The molecule has 1 aromatic carbocycles. The Kier molecular flexibility index (Phi) is 5.16. The summed E-state index contributed by atoms with van der Waals surface area (Å²) >= 11 is 5.32. The maximum absolute atomic E-state index is 11.6. The van der Waals surface area contributed by atoms with E-state index in [1.54, 1.807) is 0 Å². The van der Waals surface area contributed by atoms with Crippen LogP contribution >= 0.6 is 11.6 Å². The van der Waals surface area contributed by atoms with Gasteiger partial charge in [-0.1, -0.05) is 32.0 Å². The molecule has 0 saturated carbocycles. The molecule has 3 amide bonds. The van der Waals surface area contributed by atoms with E-state index in [2.05, 4.69) is 10.6 Å². The van der Waals surface area contributed by atoms with Gasteiger partial charge in [-0.05, 0) is 24.0 Å². The van der Waals surface area contributed by atoms with E-state index in [0.717, 1.165) is 16.8 Å². The Morgan fingerprint density at radius 2 is 2.00 bits per heavy atom. The number of rotatable bonds is 3. The molecule has 1 aromatic rings. The number of amides is 3. The minimum Gasteiger partial charge on any atom is -0.307 e. The molecule has 0 aromatic heterocycles. The summed E-state index contributed by atoms with van der Waals surface area (Å²) in [5.41, 5.74) is 2.73. The third kappa shape index (κ3) is 3.74. The smallest absolute Gasteiger partial charge is 0.307 e. The van der Waals surface area contributed by atoms with Crippen molar-refractivity contribution in [2.75, 3.05) is 11.2 Å². The summed E-state index contributed by atoms with van der Waals surface area (Å²) in [5.74, 6) is -0.476. The number of anilines is 1. The van der Waals surface area contributed by atoms with Crippen LogP contribution in [-0.2, 0) is 4.79 Å². The molecule has 0 aliphatic carbocycles. The van der Waals surface area contributed by atoms with Crippen molar-refractivity contribution in [3.63, 3.8) is 0 Å². The predicted octanol–water partition coefficient (Wildman–Crippen LogP) is 3.01. The summed E-state index contributed by atoms with van der Waals surface area (Å²) in [5, 5.41) is 4.85. The second-order valence-electron chi connectivity index (χ2n) is 4.33. The zero-order valence-corrected chi connectivity index (χ0v) is 11.5. The largest absolute Gasteiger partial charge is 0.325 e. The first-order chi connectivity index (χ1) is 8.45. The van der Waals surface area contributed by atoms with Gasteiger partial charge in [0.25, 0.3) is 0 Å². The summed E-state index contributed by atoms with van der Waals surface area (Å²) in [7, 11) is 0. The Bertz CT molecular complexity index is 458. The van der Waals surface area contributed by atoms with Crippen molar-refractivity contribution in [2.45, 2.75) is 26.7 Å². The Morgan fingerprint density at radius 3 is 2.56 bits per heavy atom. The van der Waals surface area contributed by atoms with Gasteiger partial charge in [0.1, 0.15) is 5.88 Å². The van der Waals surface area contributed by atoms with Gasteiger partial charge in [-0.15, -0.1) is 11.6 Å². The van der Waals surface area contributed by atoms with E-state index < -0.39 is 11.9 Å². The minimum atomic E-state index is -0.558. The minimum absolute atomic E-state index is 0.238. The lowest BCUT2D eigenvalue weighted by Gasteiger charge is -2.16. The molecule has 2 N–H and O–H groups in total. The van der Waals surface area contributed by atoms with Crippen LogP contribution in [0, 0.1) is 6.92 Å². The van der Waals surface area contributed by atoms with Gasteiger partial charge in [0.15, 0.2) is 0 Å². The number of carbonyl (C=O) groups excluding carboxylic acids is 2. The summed E-state index contributed by atoms with van der Waals surface area (Å²) in [6.45, 7) is 5.99. The van der Waals surface area contributed by atoms with Gasteiger partial charge in [-0.25, -0.2) is 4.79 Å². The molecular formula is C13H17ClN2O2. The molecule has 98 valence electrons. The van der Waals surface area contributed by atoms with Gasteiger partial charge in [0.05, 0.1) is 0 Å². The van der Waals surface area contributed by atoms with Crippen LogP contribution in [0.2, 0.25) is 0 Å². The average Bonchev–Trinajstić information content (AvgIpc) is 2.31. The fourth-order valence-electron chi connectivity index (χ4n) is 1.65. The van der Waals surface area contributed by atoms with Crippen LogP contribution in [0.1, 0.15) is 30.9 Å². The fraction of sp³-hybridized carbons (Fsp3) is 0.385. The zero-order valence-electron chi connectivity index (χ0n) is 10.7. The monoisotopic (exact) mass is 268 g/mol. The third-order valence-corrected chi connectivity index (χ3v) is 2.78. The quantitative estimate of drug-likeness (QED) is 0.828. The van der Waals surface area contributed by atoms with E-state index in [4.69, 9.17) is 11.6 Å². The molecule has 4 nitrogen and oxygen atoms in total. The van der Waals surface area contributed by atoms with Crippen LogP contribution in [0.15, 0.2) is 18.2 Å². The van der Waals surface area contributed by atoms with Crippen LogP contribution < -0.4 is 10.6 Å². The summed E-state index contributed by atoms with van der Waals surface area (Å²) < 4.78 is 0. The number of hydrogen-bond donors (Lipinski definition) is 2. The first-order valence-electron chi connectivity index (χ1n) is 5.72. The van der Waals surface area contributed by atoms with Crippen molar-refractivity contribution in [1.82, 2.24) is 5.32 Å². The molecule has 0 atom stereocenters. The Hall–Kier alpha value is -1.55. The summed E-state index contributed by atoms with van der Waals surface area (Å²) in [6.07, 6.45) is 0. The topological polar surface area (TPSA) is 58.2 Å². The molecule has 0 spiro atoms. The molecule has 0 aliphatic heterocycles. The van der Waals surface area contributed by atoms with E-state index in [9.17, 15) is 9.59 Å². The maximum Gasteiger partial charge on any atom is 0.325 e. The van der Waals surface area contributed by atoms with Crippen molar-refractivity contribution in [1.29, 1.82) is 0 Å². The predicted molar refractivity (Wildman–Crippen MR) is 73.1 cm³/mol. The highest BCUT2D eigenvalue weighted by molar-refractivity contribution is 6.28. The standard InChI is InChI=1S/C13H17ClN2O2/c1-8(2)10-6-4-5-9(3)12(10)16-13(18)15-11(17)7-14/h4-6,8H,7H2,1-3H3,(H2,15,16,17,18). The lowest BCUT2D eigenvalue weighted by atomic mass is 9.98. The molecule has 18 heavy (non-hydrogen) atoms. The molecule has 0 bridgehead atoms. The molecule has 0 aliphatic rings. The molecule has 0 fully saturated rings. The van der Waals surface area contributed by atoms with Crippen LogP contribution in [0.25, 0.3) is 0 Å². The third-order valence-electron chi connectivity index (χ3n) is 2.54. The average molecular weight is 269 g/mol. The first-order valence-corrected chi connectivity index (χ1v) is 6.25. The number of alkyl halides is 1. The number of carbonyl (C=O) groups is 2. The Morgan fingerprint density at radius 1 is 1.33 bits per heavy atom. The van der Waals surface area contributed by atoms with Crippen molar-refractivity contribution in [3.05, 3.63) is 29.3 Å². The second-order valence-corrected chi connectivity index (χ2v) is 4.60. The van der Waals surface area contributed by atoms with Crippen LogP contribution in [0.5, 0.6) is 0 Å². The zero-order chi connectivity index (χ0) is 13.7. The lowest BCUT2D eigenvalue weighted by molar-refractivity contribution is -0.117. The summed E-state index contributed by atoms with van der Waals surface area (Å²) in [6, 6.07) is 5.25. The first kappa shape index (κ1) is 14.5. The molecule has 0 saturated heterocycles. The summed E-state index contributed by atoms with van der Waals surface area (Å²) in [4.78, 5) is 22.6. The van der Waals surface area contributed by atoms with Gasteiger partial charge in [-0.2, -0.15) is 0 Å². The Labute approximate surface area is 112 Å². The number of hydrogen-bond acceptors (Lipinski definition) is 2. The number of urea groups is 1. The van der Waals surface area contributed by atoms with Crippen LogP contribution in [0.4, 0.5) is 10.5 Å². The number of benzene rings is 1. The van der Waals surface area contributed by atoms with E-state index >= 15 is 0 Å². The number of imide groups is 1. The normalized spacial score (nSPS) is 10.3. The molecule has 0 radical (unpaired) electrons. The number of para-hydroxylation sites is 1. The fourth-order valence-corrected chi connectivity index (χ4v) is 1.71. The number of nitrogens with one attached hydrogen (secondary N) is 2. The van der Waals surface area contributed by atoms with Crippen LogP contribution in [-0.4, -0.2) is 17.8 Å². The van der Waals surface area contributed by atoms with Gasteiger partial charge in [0.2, 0.25) is 5.91 Å². The van der Waals surface area contributed by atoms with Gasteiger partial charge >= 0.3 is 6.03 Å². The molecular weight excluding hydrogens is 252 g/mol. The van der Waals surface area contributed by atoms with Crippen molar-refractivity contribution < 1.29 is 9.59 Å². The molecule has 5 heteroatoms. The van der Waals surface area contributed by atoms with Crippen LogP contribution in [0.3, 0.4) is 0 Å². The van der Waals surface area contributed by atoms with E-state index in [-0.39, 0.29) is 11.8 Å². The highest BCUT2D eigenvalue weighted by Gasteiger charge is 2.13. The SMILES string of the molecule is Cc1cccc(C(C)C)c1NC(=O)NC(=O)CCl. The molecule has 1 rings (SSSR count). The molecule has 0 unspecified atom stereocenters. The van der Waals surface area contributed by atoms with Crippen molar-refractivity contribution >= 4 is 29.2 Å². The number of halogens is 1. The van der Waals surface area contributed by atoms with Gasteiger partial charge < -0.3 is 5.32 Å². The van der Waals surface area contributed by atoms with Crippen molar-refractivity contribution in [3.8, 4) is 0 Å². The highest BCUT2D eigenvalue weighted by atomic mass is 35.5. The maximum atomic E-state index is 11.6. The highest BCUT2D eigenvalue weighted by Crippen LogP contribution is 2.27. The van der Waals surface area contributed by atoms with Crippen molar-refractivity contribution in [2.24, 2.45) is 0 Å². The van der Waals surface area contributed by atoms with Gasteiger partial charge in [0, 0.05) is 5.69 Å². The lowest BCUT2D eigenvalue weighted by Crippen LogP contribution is -2.35. The number of aryl methyl sites for hydroxylation is 1. The second kappa shape index (κ2) is 6.40. The van der Waals surface area contributed by atoms with E-state index in [1.807, 2.05) is 39.0 Å². The van der Waals surface area contributed by atoms with E-state index in [0.29, 0.717) is 0 Å². The van der Waals surface area contributed by atoms with E-state index in [1.165, 1.54) is 0 Å². The Balaban J connectivity index is 2.90.